The summed E-state index contributed by atoms with van der Waals surface area (Å²) in [5.74, 6) is 0.0731. The number of aryl methyl sites for hydroxylation is 1. The molecule has 0 radical (unpaired) electrons. The van der Waals surface area contributed by atoms with Crippen molar-refractivity contribution in [3.05, 3.63) is 53.6 Å². The second-order valence-electron chi connectivity index (χ2n) is 3.79. The highest BCUT2D eigenvalue weighted by Crippen LogP contribution is 2.12. The molecule has 0 spiro atoms. The molecule has 1 aromatic heterocycles. The number of carboxylic acid groups (broad SMARTS) is 1. The monoisotopic (exact) mass is 230 g/mol. The maximum Gasteiger partial charge on any atom is 0.336 e. The molecule has 88 valence electrons. The Bertz CT molecular complexity index is 532. The van der Waals surface area contributed by atoms with Crippen molar-refractivity contribution in [2.24, 2.45) is 0 Å². The number of nitrogens with zero attached hydrogens (tertiary/aromatic N) is 2. The van der Waals surface area contributed by atoms with Crippen LogP contribution in [-0.4, -0.2) is 20.6 Å². The Balaban J connectivity index is 2.33. The molecule has 0 amide bonds. The molecular weight excluding hydrogens is 216 g/mol. The molecule has 0 fully saturated rings. The van der Waals surface area contributed by atoms with Crippen molar-refractivity contribution >= 4 is 5.97 Å². The highest BCUT2D eigenvalue weighted by atomic mass is 16.4. The number of hydrogen-bond donors (Lipinski definition) is 1. The predicted molar refractivity (Wildman–Crippen MR) is 64.1 cm³/mol. The van der Waals surface area contributed by atoms with Crippen LogP contribution >= 0.6 is 0 Å². The molecule has 0 aliphatic heterocycles. The number of carbonyl (C=O) groups is 1. The van der Waals surface area contributed by atoms with E-state index >= 15 is 0 Å². The van der Waals surface area contributed by atoms with E-state index in [1.807, 2.05) is 29.8 Å². The summed E-state index contributed by atoms with van der Waals surface area (Å²) in [5, 5.41) is 9.10. The zero-order chi connectivity index (χ0) is 12.3. The third kappa shape index (κ3) is 2.36. The molecule has 1 aromatic carbocycles. The normalized spacial score (nSPS) is 10.4. The van der Waals surface area contributed by atoms with Gasteiger partial charge in [0.1, 0.15) is 5.82 Å². The minimum absolute atomic E-state index is 0.350. The van der Waals surface area contributed by atoms with Crippen LogP contribution in [0.5, 0.6) is 0 Å². The average molecular weight is 230 g/mol. The molecular formula is C13H14N2O2. The Morgan fingerprint density at radius 3 is 2.88 bits per heavy atom. The minimum atomic E-state index is -0.890. The van der Waals surface area contributed by atoms with Crippen LogP contribution in [0.4, 0.5) is 0 Å². The van der Waals surface area contributed by atoms with Gasteiger partial charge in [0.2, 0.25) is 0 Å². The third-order valence-corrected chi connectivity index (χ3v) is 2.71. The summed E-state index contributed by atoms with van der Waals surface area (Å²) >= 11 is 0. The van der Waals surface area contributed by atoms with E-state index in [9.17, 15) is 4.79 Å². The topological polar surface area (TPSA) is 55.1 Å². The van der Waals surface area contributed by atoms with Crippen LogP contribution in [0.1, 0.15) is 28.7 Å². The van der Waals surface area contributed by atoms with Crippen molar-refractivity contribution in [3.8, 4) is 0 Å². The van der Waals surface area contributed by atoms with Gasteiger partial charge in [0.25, 0.3) is 0 Å². The fraction of sp³-hybridized carbons (Fsp3) is 0.231. The highest BCUT2D eigenvalue weighted by molar-refractivity contribution is 5.89. The van der Waals surface area contributed by atoms with Crippen molar-refractivity contribution < 1.29 is 9.90 Å². The minimum Gasteiger partial charge on any atom is -0.478 e. The van der Waals surface area contributed by atoms with E-state index in [0.29, 0.717) is 12.1 Å². The van der Waals surface area contributed by atoms with Crippen molar-refractivity contribution in [2.75, 3.05) is 0 Å². The average Bonchev–Trinajstić information content (AvgIpc) is 2.77. The lowest BCUT2D eigenvalue weighted by molar-refractivity contribution is 0.0695. The van der Waals surface area contributed by atoms with Gasteiger partial charge < -0.3 is 9.67 Å². The molecule has 2 aromatic rings. The molecule has 0 saturated carbocycles. The van der Waals surface area contributed by atoms with E-state index < -0.39 is 5.97 Å². The standard InChI is InChI=1S/C13H14N2O2/c1-2-12-14-7-8-15(12)9-10-5-3-4-6-11(10)13(16)17/h3-8H,2,9H2,1H3,(H,16,17). The zero-order valence-corrected chi connectivity index (χ0v) is 9.63. The van der Waals surface area contributed by atoms with Gasteiger partial charge in [0.05, 0.1) is 5.56 Å². The maximum atomic E-state index is 11.1. The van der Waals surface area contributed by atoms with Gasteiger partial charge in [-0.25, -0.2) is 9.78 Å². The first-order chi connectivity index (χ1) is 8.22. The Morgan fingerprint density at radius 2 is 2.18 bits per heavy atom. The smallest absolute Gasteiger partial charge is 0.336 e. The molecule has 2 rings (SSSR count). The fourth-order valence-electron chi connectivity index (χ4n) is 1.85. The fourth-order valence-corrected chi connectivity index (χ4v) is 1.85. The van der Waals surface area contributed by atoms with Gasteiger partial charge in [-0.15, -0.1) is 0 Å². The molecule has 1 heterocycles. The number of aromatic carboxylic acids is 1. The number of benzene rings is 1. The first kappa shape index (κ1) is 11.4. The van der Waals surface area contributed by atoms with Gasteiger partial charge in [-0.2, -0.15) is 0 Å². The Hall–Kier alpha value is -2.10. The van der Waals surface area contributed by atoms with Crippen LogP contribution in [0.15, 0.2) is 36.7 Å². The predicted octanol–water partition coefficient (Wildman–Crippen LogP) is 2.19. The molecule has 0 aliphatic rings. The van der Waals surface area contributed by atoms with Crippen molar-refractivity contribution in [1.29, 1.82) is 0 Å². The largest absolute Gasteiger partial charge is 0.478 e. The van der Waals surface area contributed by atoms with Gasteiger partial charge >= 0.3 is 5.97 Å². The third-order valence-electron chi connectivity index (χ3n) is 2.71. The first-order valence-electron chi connectivity index (χ1n) is 5.53. The quantitative estimate of drug-likeness (QED) is 0.876. The van der Waals surface area contributed by atoms with Crippen molar-refractivity contribution in [1.82, 2.24) is 9.55 Å². The van der Waals surface area contributed by atoms with E-state index in [1.165, 1.54) is 0 Å². The molecule has 0 aliphatic carbocycles. The van der Waals surface area contributed by atoms with Crippen molar-refractivity contribution in [2.45, 2.75) is 19.9 Å². The van der Waals surface area contributed by atoms with E-state index in [4.69, 9.17) is 5.11 Å². The summed E-state index contributed by atoms with van der Waals surface area (Å²) in [6.45, 7) is 2.58. The van der Waals surface area contributed by atoms with Crippen LogP contribution in [-0.2, 0) is 13.0 Å². The van der Waals surface area contributed by atoms with Crippen LogP contribution in [0, 0.1) is 0 Å². The SMILES string of the molecule is CCc1nccn1Cc1ccccc1C(=O)O. The van der Waals surface area contributed by atoms with Gasteiger partial charge in [-0.3, -0.25) is 0 Å². The van der Waals surface area contributed by atoms with Crippen LogP contribution < -0.4 is 0 Å². The molecule has 1 N–H and O–H groups in total. The van der Waals surface area contributed by atoms with Crippen LogP contribution in [0.2, 0.25) is 0 Å². The number of rotatable bonds is 4. The molecule has 0 bridgehead atoms. The molecule has 0 saturated heterocycles. The molecule has 0 unspecified atom stereocenters. The summed E-state index contributed by atoms with van der Waals surface area (Å²) in [7, 11) is 0. The Kier molecular flexibility index (Phi) is 3.23. The second kappa shape index (κ2) is 4.82. The lowest BCUT2D eigenvalue weighted by Gasteiger charge is -2.09. The van der Waals surface area contributed by atoms with Gasteiger partial charge in [-0.05, 0) is 11.6 Å². The first-order valence-corrected chi connectivity index (χ1v) is 5.53. The number of aromatic nitrogens is 2. The number of imidazole rings is 1. The van der Waals surface area contributed by atoms with E-state index in [2.05, 4.69) is 4.98 Å². The Morgan fingerprint density at radius 1 is 1.41 bits per heavy atom. The van der Waals surface area contributed by atoms with Gasteiger partial charge in [0, 0.05) is 25.4 Å². The summed E-state index contributed by atoms with van der Waals surface area (Å²) in [4.78, 5) is 15.3. The Labute approximate surface area is 99.5 Å². The summed E-state index contributed by atoms with van der Waals surface area (Å²) in [5.41, 5.74) is 1.15. The lowest BCUT2D eigenvalue weighted by Crippen LogP contribution is -2.08. The molecule has 4 heteroatoms. The van der Waals surface area contributed by atoms with Gasteiger partial charge in [-0.1, -0.05) is 25.1 Å². The second-order valence-corrected chi connectivity index (χ2v) is 3.79. The van der Waals surface area contributed by atoms with E-state index in [0.717, 1.165) is 17.8 Å². The van der Waals surface area contributed by atoms with Gasteiger partial charge in [0.15, 0.2) is 0 Å². The lowest BCUT2D eigenvalue weighted by atomic mass is 10.1. The van der Waals surface area contributed by atoms with E-state index in [1.54, 1.807) is 18.3 Å². The maximum absolute atomic E-state index is 11.1. The van der Waals surface area contributed by atoms with Crippen molar-refractivity contribution in [3.63, 3.8) is 0 Å². The van der Waals surface area contributed by atoms with E-state index in [-0.39, 0.29) is 0 Å². The number of hydrogen-bond acceptors (Lipinski definition) is 2. The van der Waals surface area contributed by atoms with Crippen LogP contribution in [0.25, 0.3) is 0 Å². The molecule has 4 nitrogen and oxygen atoms in total. The molecule has 0 atom stereocenters. The summed E-state index contributed by atoms with van der Waals surface area (Å²) in [6.07, 6.45) is 4.45. The van der Waals surface area contributed by atoms with Crippen LogP contribution in [0.3, 0.4) is 0 Å². The molecule has 17 heavy (non-hydrogen) atoms. The summed E-state index contributed by atoms with van der Waals surface area (Å²) < 4.78 is 1.97. The highest BCUT2D eigenvalue weighted by Gasteiger charge is 2.10. The zero-order valence-electron chi connectivity index (χ0n) is 9.63. The summed E-state index contributed by atoms with van der Waals surface area (Å²) in [6, 6.07) is 7.05. The number of carboxylic acids is 1.